The predicted molar refractivity (Wildman–Crippen MR) is 105 cm³/mol. The van der Waals surface area contributed by atoms with E-state index < -0.39 is 10.0 Å². The minimum atomic E-state index is -3.82. The number of anilines is 1. The first-order valence-corrected chi connectivity index (χ1v) is 9.91. The molecule has 1 aromatic heterocycles. The highest BCUT2D eigenvalue weighted by atomic mass is 32.2. The molecule has 0 bridgehead atoms. The lowest BCUT2D eigenvalue weighted by atomic mass is 10.2. The Morgan fingerprint density at radius 3 is 2.37 bits per heavy atom. The molecule has 0 unspecified atom stereocenters. The second-order valence-corrected chi connectivity index (χ2v) is 8.15. The Balaban J connectivity index is 2.06. The van der Waals surface area contributed by atoms with Gasteiger partial charge in [-0.3, -0.25) is 14.1 Å². The van der Waals surface area contributed by atoms with Crippen LogP contribution in [-0.4, -0.2) is 19.2 Å². The molecule has 0 atom stereocenters. The zero-order valence-corrected chi connectivity index (χ0v) is 16.0. The van der Waals surface area contributed by atoms with Gasteiger partial charge in [-0.25, -0.2) is 8.42 Å². The zero-order chi connectivity index (χ0) is 19.4. The Morgan fingerprint density at radius 2 is 1.78 bits per heavy atom. The Bertz CT molecular complexity index is 1050. The zero-order valence-electron chi connectivity index (χ0n) is 15.2. The summed E-state index contributed by atoms with van der Waals surface area (Å²) in [6.07, 6.45) is 3.30. The maximum absolute atomic E-state index is 13.4. The van der Waals surface area contributed by atoms with Crippen LogP contribution in [0.2, 0.25) is 0 Å². The summed E-state index contributed by atoms with van der Waals surface area (Å²) in [5.74, 6) is -0.107. The predicted octanol–water partition coefficient (Wildman–Crippen LogP) is 3.99. The van der Waals surface area contributed by atoms with Crippen molar-refractivity contribution >= 4 is 21.5 Å². The van der Waals surface area contributed by atoms with Crippen LogP contribution in [0.1, 0.15) is 28.4 Å². The van der Waals surface area contributed by atoms with Gasteiger partial charge in [-0.2, -0.15) is 0 Å². The fourth-order valence-corrected chi connectivity index (χ4v) is 4.19. The van der Waals surface area contributed by atoms with Crippen LogP contribution < -0.4 is 4.31 Å². The lowest BCUT2D eigenvalue weighted by Gasteiger charge is -2.25. The molecule has 0 N–H and O–H groups in total. The summed E-state index contributed by atoms with van der Waals surface area (Å²) in [5.41, 5.74) is 2.80. The molecular formula is C21H20N2O3S. The van der Waals surface area contributed by atoms with Gasteiger partial charge in [0.1, 0.15) is 0 Å². The summed E-state index contributed by atoms with van der Waals surface area (Å²) in [4.78, 5) is 15.7. The summed E-state index contributed by atoms with van der Waals surface area (Å²) in [7, 11) is -3.82. The normalized spacial score (nSPS) is 11.2. The topological polar surface area (TPSA) is 67.3 Å². The van der Waals surface area contributed by atoms with Crippen molar-refractivity contribution < 1.29 is 13.2 Å². The van der Waals surface area contributed by atoms with Crippen LogP contribution in [0.3, 0.4) is 0 Å². The molecule has 27 heavy (non-hydrogen) atoms. The van der Waals surface area contributed by atoms with Crippen molar-refractivity contribution in [3.63, 3.8) is 0 Å². The number of nitrogens with zero attached hydrogens (tertiary/aromatic N) is 2. The van der Waals surface area contributed by atoms with Crippen LogP contribution in [0.4, 0.5) is 5.69 Å². The number of Topliss-reactive ketones (excluding diaryl/α,β-unsaturated/α-hetero) is 1. The van der Waals surface area contributed by atoms with Crippen molar-refractivity contribution in [3.8, 4) is 0 Å². The van der Waals surface area contributed by atoms with Gasteiger partial charge in [-0.05, 0) is 55.3 Å². The average molecular weight is 380 g/mol. The standard InChI is InChI=1S/C21H20N2O3S/c1-16-5-3-7-20(13-16)23(15-18-6-4-12-22-14-18)27(25,26)21-10-8-19(9-11-21)17(2)24/h3-14H,15H2,1-2H3. The molecule has 0 fully saturated rings. The first-order chi connectivity index (χ1) is 12.9. The number of hydrogen-bond acceptors (Lipinski definition) is 4. The highest BCUT2D eigenvalue weighted by Crippen LogP contribution is 2.27. The maximum Gasteiger partial charge on any atom is 0.264 e. The third-order valence-corrected chi connectivity index (χ3v) is 5.98. The maximum atomic E-state index is 13.4. The first kappa shape index (κ1) is 18.8. The molecule has 0 saturated carbocycles. The number of ketones is 1. The second-order valence-electron chi connectivity index (χ2n) is 6.29. The van der Waals surface area contributed by atoms with Gasteiger partial charge in [0.2, 0.25) is 0 Å². The second kappa shape index (κ2) is 7.72. The van der Waals surface area contributed by atoms with Crippen LogP contribution >= 0.6 is 0 Å². The number of carbonyl (C=O) groups is 1. The van der Waals surface area contributed by atoms with E-state index in [1.807, 2.05) is 31.2 Å². The Hall–Kier alpha value is -2.99. The van der Waals surface area contributed by atoms with E-state index in [1.165, 1.54) is 35.5 Å². The van der Waals surface area contributed by atoms with Gasteiger partial charge in [0.25, 0.3) is 10.0 Å². The molecule has 5 nitrogen and oxygen atoms in total. The van der Waals surface area contributed by atoms with Crippen LogP contribution in [0.25, 0.3) is 0 Å². The summed E-state index contributed by atoms with van der Waals surface area (Å²) in [5, 5.41) is 0. The number of sulfonamides is 1. The van der Waals surface area contributed by atoms with Crippen LogP contribution in [-0.2, 0) is 16.6 Å². The molecule has 1 heterocycles. The molecule has 0 spiro atoms. The van der Waals surface area contributed by atoms with Crippen molar-refractivity contribution in [2.45, 2.75) is 25.3 Å². The Morgan fingerprint density at radius 1 is 1.04 bits per heavy atom. The third-order valence-electron chi connectivity index (χ3n) is 4.19. The molecule has 0 aliphatic carbocycles. The number of benzene rings is 2. The van der Waals surface area contributed by atoms with E-state index in [4.69, 9.17) is 0 Å². The van der Waals surface area contributed by atoms with E-state index in [2.05, 4.69) is 4.98 Å². The van der Waals surface area contributed by atoms with E-state index >= 15 is 0 Å². The number of aromatic nitrogens is 1. The molecular weight excluding hydrogens is 360 g/mol. The third kappa shape index (κ3) is 4.23. The lowest BCUT2D eigenvalue weighted by Crippen LogP contribution is -2.30. The summed E-state index contributed by atoms with van der Waals surface area (Å²) < 4.78 is 28.1. The van der Waals surface area contributed by atoms with E-state index in [-0.39, 0.29) is 17.2 Å². The van der Waals surface area contributed by atoms with Crippen LogP contribution in [0.5, 0.6) is 0 Å². The summed E-state index contributed by atoms with van der Waals surface area (Å²) in [6.45, 7) is 3.53. The molecule has 3 aromatic rings. The van der Waals surface area contributed by atoms with Crippen LogP contribution in [0, 0.1) is 6.92 Å². The van der Waals surface area contributed by atoms with Crippen molar-refractivity contribution in [2.24, 2.45) is 0 Å². The molecule has 0 aliphatic heterocycles. The molecule has 2 aromatic carbocycles. The fourth-order valence-electron chi connectivity index (χ4n) is 2.74. The highest BCUT2D eigenvalue weighted by molar-refractivity contribution is 7.92. The Kier molecular flexibility index (Phi) is 5.37. The van der Waals surface area contributed by atoms with Gasteiger partial charge in [0.15, 0.2) is 5.78 Å². The van der Waals surface area contributed by atoms with E-state index in [1.54, 1.807) is 24.5 Å². The molecule has 0 aliphatic rings. The number of pyridine rings is 1. The van der Waals surface area contributed by atoms with Crippen molar-refractivity contribution in [1.29, 1.82) is 0 Å². The number of aryl methyl sites for hydroxylation is 1. The SMILES string of the molecule is CC(=O)c1ccc(S(=O)(=O)N(Cc2cccnc2)c2cccc(C)c2)cc1. The van der Waals surface area contributed by atoms with E-state index in [0.717, 1.165) is 11.1 Å². The molecule has 138 valence electrons. The van der Waals surface area contributed by atoms with Crippen LogP contribution in [0.15, 0.2) is 78.0 Å². The highest BCUT2D eigenvalue weighted by Gasteiger charge is 2.25. The molecule has 0 radical (unpaired) electrons. The smallest absolute Gasteiger partial charge is 0.264 e. The van der Waals surface area contributed by atoms with Gasteiger partial charge < -0.3 is 0 Å². The Labute approximate surface area is 159 Å². The van der Waals surface area contributed by atoms with Crippen molar-refractivity contribution in [1.82, 2.24) is 4.98 Å². The van der Waals surface area contributed by atoms with Gasteiger partial charge in [0, 0.05) is 18.0 Å². The molecule has 0 saturated heterocycles. The van der Waals surface area contributed by atoms with Crippen molar-refractivity contribution in [2.75, 3.05) is 4.31 Å². The summed E-state index contributed by atoms with van der Waals surface area (Å²) in [6, 6.07) is 17.0. The monoisotopic (exact) mass is 380 g/mol. The lowest BCUT2D eigenvalue weighted by molar-refractivity contribution is 0.101. The fraction of sp³-hybridized carbons (Fsp3) is 0.143. The summed E-state index contributed by atoms with van der Waals surface area (Å²) >= 11 is 0. The molecule has 6 heteroatoms. The number of rotatable bonds is 6. The minimum absolute atomic E-state index is 0.107. The molecule has 3 rings (SSSR count). The van der Waals surface area contributed by atoms with Gasteiger partial charge in [-0.1, -0.05) is 30.3 Å². The minimum Gasteiger partial charge on any atom is -0.295 e. The van der Waals surface area contributed by atoms with Crippen molar-refractivity contribution in [3.05, 3.63) is 89.7 Å². The van der Waals surface area contributed by atoms with Gasteiger partial charge in [0.05, 0.1) is 17.1 Å². The quantitative estimate of drug-likeness (QED) is 0.607. The van der Waals surface area contributed by atoms with E-state index in [9.17, 15) is 13.2 Å². The van der Waals surface area contributed by atoms with E-state index in [0.29, 0.717) is 11.3 Å². The first-order valence-electron chi connectivity index (χ1n) is 8.47. The van der Waals surface area contributed by atoms with Gasteiger partial charge in [-0.15, -0.1) is 0 Å². The molecule has 0 amide bonds. The number of hydrogen-bond donors (Lipinski definition) is 0. The average Bonchev–Trinajstić information content (AvgIpc) is 2.67. The number of carbonyl (C=O) groups excluding carboxylic acids is 1. The van der Waals surface area contributed by atoms with Gasteiger partial charge >= 0.3 is 0 Å². The largest absolute Gasteiger partial charge is 0.295 e.